The molecule has 3 heteroatoms. The quantitative estimate of drug-likeness (QED) is 0.574. The first-order valence-corrected chi connectivity index (χ1v) is 5.53. The molecule has 16 heavy (non-hydrogen) atoms. The van der Waals surface area contributed by atoms with Gasteiger partial charge in [0, 0.05) is 23.0 Å². The van der Waals surface area contributed by atoms with Crippen molar-refractivity contribution in [3.8, 4) is 0 Å². The molecule has 0 saturated heterocycles. The summed E-state index contributed by atoms with van der Waals surface area (Å²) in [5, 5.41) is 3.49. The second-order valence-electron chi connectivity index (χ2n) is 4.48. The van der Waals surface area contributed by atoms with Crippen molar-refractivity contribution in [1.82, 2.24) is 0 Å². The molecule has 1 heterocycles. The van der Waals surface area contributed by atoms with E-state index in [1.54, 1.807) is 0 Å². The highest BCUT2D eigenvalue weighted by atomic mass is 14.9. The SMILES string of the molecule is NC1=CC2Nc3ccc(N)cc3CC2C=C1. The topological polar surface area (TPSA) is 64.1 Å². The summed E-state index contributed by atoms with van der Waals surface area (Å²) in [5.41, 5.74) is 15.7. The van der Waals surface area contributed by atoms with Crippen LogP contribution in [0.5, 0.6) is 0 Å². The van der Waals surface area contributed by atoms with Gasteiger partial charge in [-0.25, -0.2) is 0 Å². The number of nitrogen functional groups attached to an aromatic ring is 1. The average molecular weight is 213 g/mol. The molecule has 0 bridgehead atoms. The van der Waals surface area contributed by atoms with Gasteiger partial charge in [0.25, 0.3) is 0 Å². The molecule has 2 aliphatic rings. The highest BCUT2D eigenvalue weighted by molar-refractivity contribution is 5.61. The summed E-state index contributed by atoms with van der Waals surface area (Å²) in [6.45, 7) is 0. The van der Waals surface area contributed by atoms with E-state index in [1.165, 1.54) is 11.3 Å². The van der Waals surface area contributed by atoms with Gasteiger partial charge in [0.2, 0.25) is 0 Å². The number of nitrogens with two attached hydrogens (primary N) is 2. The molecule has 0 spiro atoms. The van der Waals surface area contributed by atoms with Crippen LogP contribution in [0.1, 0.15) is 5.56 Å². The molecule has 1 aliphatic carbocycles. The first-order valence-electron chi connectivity index (χ1n) is 5.53. The monoisotopic (exact) mass is 213 g/mol. The molecule has 3 rings (SSSR count). The maximum absolute atomic E-state index is 5.80. The minimum atomic E-state index is 0.320. The Morgan fingerprint density at radius 2 is 2.12 bits per heavy atom. The minimum absolute atomic E-state index is 0.320. The lowest BCUT2D eigenvalue weighted by Gasteiger charge is -2.33. The van der Waals surface area contributed by atoms with Gasteiger partial charge in [-0.2, -0.15) is 0 Å². The van der Waals surface area contributed by atoms with Gasteiger partial charge in [0.05, 0.1) is 6.04 Å². The normalized spacial score (nSPS) is 26.4. The Hall–Kier alpha value is -1.90. The number of rotatable bonds is 0. The molecule has 3 nitrogen and oxygen atoms in total. The Labute approximate surface area is 94.8 Å². The van der Waals surface area contributed by atoms with E-state index in [-0.39, 0.29) is 0 Å². The highest BCUT2D eigenvalue weighted by Crippen LogP contribution is 2.32. The molecular formula is C13H15N3. The van der Waals surface area contributed by atoms with Gasteiger partial charge in [-0.1, -0.05) is 6.08 Å². The number of anilines is 2. The molecule has 0 fully saturated rings. The van der Waals surface area contributed by atoms with Crippen molar-refractivity contribution in [3.63, 3.8) is 0 Å². The lowest BCUT2D eigenvalue weighted by molar-refractivity contribution is 0.572. The van der Waals surface area contributed by atoms with Crippen LogP contribution in [0.3, 0.4) is 0 Å². The van der Waals surface area contributed by atoms with Crippen LogP contribution in [0.4, 0.5) is 11.4 Å². The van der Waals surface area contributed by atoms with Gasteiger partial charge in [-0.05, 0) is 42.3 Å². The molecule has 5 N–H and O–H groups in total. The van der Waals surface area contributed by atoms with Crippen molar-refractivity contribution >= 4 is 11.4 Å². The van der Waals surface area contributed by atoms with Crippen molar-refractivity contribution in [2.45, 2.75) is 12.5 Å². The summed E-state index contributed by atoms with van der Waals surface area (Å²) in [4.78, 5) is 0. The zero-order chi connectivity index (χ0) is 11.1. The van der Waals surface area contributed by atoms with E-state index < -0.39 is 0 Å². The molecule has 1 aromatic carbocycles. The van der Waals surface area contributed by atoms with Gasteiger partial charge in [0.15, 0.2) is 0 Å². The average Bonchev–Trinajstić information content (AvgIpc) is 2.26. The van der Waals surface area contributed by atoms with Crippen LogP contribution < -0.4 is 16.8 Å². The molecule has 2 unspecified atom stereocenters. The fourth-order valence-electron chi connectivity index (χ4n) is 2.44. The lowest BCUT2D eigenvalue weighted by Crippen LogP contribution is -2.34. The summed E-state index contributed by atoms with van der Waals surface area (Å²) < 4.78 is 0. The van der Waals surface area contributed by atoms with Crippen molar-refractivity contribution in [3.05, 3.63) is 47.7 Å². The van der Waals surface area contributed by atoms with E-state index >= 15 is 0 Å². The number of hydrogen-bond acceptors (Lipinski definition) is 3. The Kier molecular flexibility index (Phi) is 1.93. The van der Waals surface area contributed by atoms with E-state index in [2.05, 4.69) is 17.5 Å². The first-order chi connectivity index (χ1) is 7.72. The van der Waals surface area contributed by atoms with Crippen molar-refractivity contribution in [1.29, 1.82) is 0 Å². The standard InChI is InChI=1S/C13H15N3/c14-10-3-4-12-9(6-10)5-8-1-2-11(15)7-13(8)16-12/h1-4,6-8,13,16H,5,14-15H2. The summed E-state index contributed by atoms with van der Waals surface area (Å²) in [5.74, 6) is 0.488. The fraction of sp³-hybridized carbons (Fsp3) is 0.231. The summed E-state index contributed by atoms with van der Waals surface area (Å²) >= 11 is 0. The van der Waals surface area contributed by atoms with Crippen molar-refractivity contribution in [2.24, 2.45) is 11.7 Å². The maximum atomic E-state index is 5.80. The third-order valence-corrected chi connectivity index (χ3v) is 3.28. The lowest BCUT2D eigenvalue weighted by atomic mass is 9.84. The van der Waals surface area contributed by atoms with Crippen LogP contribution in [0.2, 0.25) is 0 Å². The molecular weight excluding hydrogens is 198 g/mol. The van der Waals surface area contributed by atoms with E-state index in [0.717, 1.165) is 17.8 Å². The Balaban J connectivity index is 1.98. The zero-order valence-electron chi connectivity index (χ0n) is 8.98. The third kappa shape index (κ3) is 1.45. The first kappa shape index (κ1) is 9.33. The predicted octanol–water partition coefficient (Wildman–Crippen LogP) is 1.63. The second kappa shape index (κ2) is 3.30. The van der Waals surface area contributed by atoms with E-state index in [1.807, 2.05) is 24.3 Å². The van der Waals surface area contributed by atoms with Gasteiger partial charge in [-0.3, -0.25) is 0 Å². The largest absolute Gasteiger partial charge is 0.399 e. The smallest absolute Gasteiger partial charge is 0.0533 e. The number of benzene rings is 1. The molecule has 0 amide bonds. The zero-order valence-corrected chi connectivity index (χ0v) is 8.98. The molecule has 1 aliphatic heterocycles. The summed E-state index contributed by atoms with van der Waals surface area (Å²) in [6.07, 6.45) is 7.28. The van der Waals surface area contributed by atoms with Gasteiger partial charge in [-0.15, -0.1) is 0 Å². The Morgan fingerprint density at radius 1 is 1.25 bits per heavy atom. The highest BCUT2D eigenvalue weighted by Gasteiger charge is 2.26. The fourth-order valence-corrected chi connectivity index (χ4v) is 2.44. The Bertz CT molecular complexity index is 488. The van der Waals surface area contributed by atoms with Crippen LogP contribution in [-0.2, 0) is 6.42 Å². The van der Waals surface area contributed by atoms with E-state index in [4.69, 9.17) is 11.5 Å². The van der Waals surface area contributed by atoms with Gasteiger partial charge in [0.1, 0.15) is 0 Å². The van der Waals surface area contributed by atoms with Crippen LogP contribution in [-0.4, -0.2) is 6.04 Å². The van der Waals surface area contributed by atoms with Crippen LogP contribution in [0.25, 0.3) is 0 Å². The van der Waals surface area contributed by atoms with Crippen LogP contribution in [0.15, 0.2) is 42.1 Å². The third-order valence-electron chi connectivity index (χ3n) is 3.28. The van der Waals surface area contributed by atoms with Crippen molar-refractivity contribution < 1.29 is 0 Å². The maximum Gasteiger partial charge on any atom is 0.0533 e. The van der Waals surface area contributed by atoms with Crippen molar-refractivity contribution in [2.75, 3.05) is 11.1 Å². The minimum Gasteiger partial charge on any atom is -0.399 e. The summed E-state index contributed by atoms with van der Waals surface area (Å²) in [6, 6.07) is 6.34. The van der Waals surface area contributed by atoms with Gasteiger partial charge < -0.3 is 16.8 Å². The van der Waals surface area contributed by atoms with Gasteiger partial charge >= 0.3 is 0 Å². The molecule has 82 valence electrons. The molecule has 0 saturated carbocycles. The molecule has 0 aromatic heterocycles. The molecule has 2 atom stereocenters. The summed E-state index contributed by atoms with van der Waals surface area (Å²) in [7, 11) is 0. The number of allylic oxidation sites excluding steroid dienone is 1. The van der Waals surface area contributed by atoms with Crippen LogP contribution in [0, 0.1) is 5.92 Å². The second-order valence-corrected chi connectivity index (χ2v) is 4.48. The molecule has 1 aromatic rings. The van der Waals surface area contributed by atoms with E-state index in [0.29, 0.717) is 12.0 Å². The van der Waals surface area contributed by atoms with Crippen LogP contribution >= 0.6 is 0 Å². The predicted molar refractivity (Wildman–Crippen MR) is 66.9 cm³/mol. The van der Waals surface area contributed by atoms with E-state index in [9.17, 15) is 0 Å². The number of nitrogens with one attached hydrogen (secondary N) is 1. The number of hydrogen-bond donors (Lipinski definition) is 3. The Morgan fingerprint density at radius 3 is 3.00 bits per heavy atom. The number of fused-ring (bicyclic) bond motifs is 2. The molecule has 0 radical (unpaired) electrons.